The molecule has 0 aliphatic carbocycles. The van der Waals surface area contributed by atoms with Gasteiger partial charge >= 0.3 is 0 Å². The van der Waals surface area contributed by atoms with Crippen LogP contribution in [0.5, 0.6) is 0 Å². The first-order valence-electron chi connectivity index (χ1n) is 9.20. The van der Waals surface area contributed by atoms with Crippen LogP contribution in [0.4, 0.5) is 0 Å². The number of benzene rings is 1. The molecular weight excluding hydrogens is 378 g/mol. The second kappa shape index (κ2) is 6.84. The van der Waals surface area contributed by atoms with E-state index in [9.17, 15) is 0 Å². The van der Waals surface area contributed by atoms with Crippen molar-refractivity contribution in [2.45, 2.75) is 52.5 Å². The van der Waals surface area contributed by atoms with E-state index >= 15 is 0 Å². The van der Waals surface area contributed by atoms with Gasteiger partial charge in [-0.2, -0.15) is 4.37 Å². The van der Waals surface area contributed by atoms with Crippen LogP contribution in [0.15, 0.2) is 29.3 Å². The molecule has 1 aromatic carbocycles. The quantitative estimate of drug-likeness (QED) is 0.601. The van der Waals surface area contributed by atoms with Crippen molar-refractivity contribution in [1.82, 2.24) is 19.1 Å². The van der Waals surface area contributed by atoms with Crippen LogP contribution in [0, 0.1) is 13.8 Å². The average molecular weight is 400 g/mol. The summed E-state index contributed by atoms with van der Waals surface area (Å²) in [6, 6.07) is 7.88. The predicted octanol–water partition coefficient (Wildman–Crippen LogP) is 5.25. The predicted molar refractivity (Wildman–Crippen MR) is 110 cm³/mol. The van der Waals surface area contributed by atoms with Crippen LogP contribution < -0.4 is 0 Å². The van der Waals surface area contributed by atoms with Gasteiger partial charge in [-0.25, -0.2) is 0 Å². The average Bonchev–Trinajstić information content (AvgIpc) is 3.18. The molecule has 5 nitrogen and oxygen atoms in total. The molecule has 27 heavy (non-hydrogen) atoms. The van der Waals surface area contributed by atoms with Gasteiger partial charge in [0, 0.05) is 10.6 Å². The summed E-state index contributed by atoms with van der Waals surface area (Å²) >= 11 is 7.60. The Bertz CT molecular complexity index is 1020. The molecule has 4 rings (SSSR count). The van der Waals surface area contributed by atoms with E-state index in [1.165, 1.54) is 11.5 Å². The Balaban J connectivity index is 2.02. The van der Waals surface area contributed by atoms with Gasteiger partial charge in [-0.3, -0.25) is 9.56 Å². The number of halogens is 1. The largest absolute Gasteiger partial charge is 0.270 e. The molecule has 3 aromatic rings. The summed E-state index contributed by atoms with van der Waals surface area (Å²) in [7, 11) is 0. The second-order valence-electron chi connectivity index (χ2n) is 7.20. The molecule has 1 unspecified atom stereocenters. The van der Waals surface area contributed by atoms with E-state index in [2.05, 4.69) is 33.0 Å². The zero-order chi connectivity index (χ0) is 19.2. The second-order valence-corrected chi connectivity index (χ2v) is 8.39. The van der Waals surface area contributed by atoms with Crippen molar-refractivity contribution in [1.29, 1.82) is 0 Å². The fourth-order valence-electron chi connectivity index (χ4n) is 3.60. The maximum atomic E-state index is 6.12. The van der Waals surface area contributed by atoms with Crippen molar-refractivity contribution in [2.75, 3.05) is 0 Å². The standard InChI is InChI=1S/C20H22ClN5S/c1-5-6-11-20(4)19-24-23-13(3)26(19)18-16(12(2)25-27-18)17(22-20)14-7-9-15(21)10-8-14/h7-10H,5-6,11H2,1-4H3. The van der Waals surface area contributed by atoms with Crippen LogP contribution in [0.1, 0.15) is 61.6 Å². The summed E-state index contributed by atoms with van der Waals surface area (Å²) in [4.78, 5) is 5.29. The third-order valence-corrected chi connectivity index (χ3v) is 6.26. The first-order chi connectivity index (χ1) is 12.9. The van der Waals surface area contributed by atoms with Crippen molar-refractivity contribution in [2.24, 2.45) is 4.99 Å². The molecule has 1 aliphatic heterocycles. The van der Waals surface area contributed by atoms with Gasteiger partial charge in [0.1, 0.15) is 16.4 Å². The molecule has 0 amide bonds. The molecular formula is C20H22ClN5S. The molecule has 7 heteroatoms. The minimum atomic E-state index is -0.447. The molecule has 2 aromatic heterocycles. The van der Waals surface area contributed by atoms with Crippen LogP contribution in [0.25, 0.3) is 5.00 Å². The summed E-state index contributed by atoms with van der Waals surface area (Å²) in [6.07, 6.45) is 3.10. The Kier molecular flexibility index (Phi) is 4.64. The van der Waals surface area contributed by atoms with Gasteiger partial charge in [-0.15, -0.1) is 10.2 Å². The van der Waals surface area contributed by atoms with E-state index in [1.807, 2.05) is 38.1 Å². The first kappa shape index (κ1) is 18.3. The van der Waals surface area contributed by atoms with Gasteiger partial charge in [-0.1, -0.05) is 43.5 Å². The van der Waals surface area contributed by atoms with Crippen LogP contribution in [0.3, 0.4) is 0 Å². The zero-order valence-corrected chi connectivity index (χ0v) is 17.5. The van der Waals surface area contributed by atoms with Crippen LogP contribution in [-0.2, 0) is 5.54 Å². The molecule has 1 aliphatic rings. The molecule has 0 spiro atoms. The van der Waals surface area contributed by atoms with Crippen molar-refractivity contribution in [3.05, 3.63) is 57.8 Å². The summed E-state index contributed by atoms with van der Waals surface area (Å²) in [5, 5.41) is 10.7. The fourth-order valence-corrected chi connectivity index (χ4v) is 4.67. The van der Waals surface area contributed by atoms with Crippen molar-refractivity contribution in [3.63, 3.8) is 0 Å². The van der Waals surface area contributed by atoms with Gasteiger partial charge in [0.2, 0.25) is 0 Å². The monoisotopic (exact) mass is 399 g/mol. The number of fused-ring (bicyclic) bond motifs is 3. The number of aryl methyl sites for hydroxylation is 2. The van der Waals surface area contributed by atoms with E-state index in [-0.39, 0.29) is 0 Å². The SMILES string of the molecule is CCCCC1(C)N=C(c2ccc(Cl)cc2)c2c(C)nsc2-n2c(C)nnc21. The minimum absolute atomic E-state index is 0.447. The van der Waals surface area contributed by atoms with Gasteiger partial charge in [0.05, 0.1) is 17.0 Å². The lowest BCUT2D eigenvalue weighted by Gasteiger charge is -2.24. The summed E-state index contributed by atoms with van der Waals surface area (Å²) in [6.45, 7) is 8.39. The zero-order valence-electron chi connectivity index (χ0n) is 16.0. The number of nitrogens with zero attached hydrogens (tertiary/aromatic N) is 5. The smallest absolute Gasteiger partial charge is 0.166 e. The fraction of sp³-hybridized carbons (Fsp3) is 0.400. The maximum Gasteiger partial charge on any atom is 0.166 e. The van der Waals surface area contributed by atoms with E-state index in [4.69, 9.17) is 16.6 Å². The van der Waals surface area contributed by atoms with Crippen LogP contribution >= 0.6 is 23.1 Å². The lowest BCUT2D eigenvalue weighted by Crippen LogP contribution is -2.24. The van der Waals surface area contributed by atoms with Crippen LogP contribution in [-0.4, -0.2) is 24.8 Å². The number of rotatable bonds is 4. The summed E-state index contributed by atoms with van der Waals surface area (Å²) in [5.74, 6) is 1.76. The highest BCUT2D eigenvalue weighted by Crippen LogP contribution is 2.40. The van der Waals surface area contributed by atoms with E-state index in [0.29, 0.717) is 0 Å². The maximum absolute atomic E-state index is 6.12. The molecule has 0 bridgehead atoms. The van der Waals surface area contributed by atoms with Gasteiger partial charge < -0.3 is 0 Å². The van der Waals surface area contributed by atoms with E-state index < -0.39 is 5.54 Å². The molecule has 1 atom stereocenters. The number of aliphatic imine (C=N–C) groups is 1. The Morgan fingerprint density at radius 3 is 2.59 bits per heavy atom. The summed E-state index contributed by atoms with van der Waals surface area (Å²) in [5.41, 5.74) is 3.59. The molecule has 0 radical (unpaired) electrons. The van der Waals surface area contributed by atoms with Crippen molar-refractivity contribution < 1.29 is 0 Å². The summed E-state index contributed by atoms with van der Waals surface area (Å²) < 4.78 is 6.76. The number of aromatic nitrogens is 4. The molecule has 0 fully saturated rings. The van der Waals surface area contributed by atoms with Gasteiger partial charge in [0.25, 0.3) is 0 Å². The van der Waals surface area contributed by atoms with Crippen LogP contribution in [0.2, 0.25) is 5.02 Å². The lowest BCUT2D eigenvalue weighted by atomic mass is 9.93. The van der Waals surface area contributed by atoms with Gasteiger partial charge in [0.15, 0.2) is 5.82 Å². The third-order valence-electron chi connectivity index (χ3n) is 5.08. The molecule has 0 saturated carbocycles. The van der Waals surface area contributed by atoms with E-state index in [1.54, 1.807) is 0 Å². The number of hydrogen-bond donors (Lipinski definition) is 0. The highest BCUT2D eigenvalue weighted by Gasteiger charge is 2.38. The highest BCUT2D eigenvalue weighted by molar-refractivity contribution is 7.09. The lowest BCUT2D eigenvalue weighted by molar-refractivity contribution is 0.408. The Labute approximate surface area is 168 Å². The Morgan fingerprint density at radius 2 is 1.89 bits per heavy atom. The molecule has 0 saturated heterocycles. The Morgan fingerprint density at radius 1 is 1.15 bits per heavy atom. The van der Waals surface area contributed by atoms with Crippen molar-refractivity contribution in [3.8, 4) is 5.00 Å². The molecule has 140 valence electrons. The van der Waals surface area contributed by atoms with E-state index in [0.717, 1.165) is 63.5 Å². The molecule has 0 N–H and O–H groups in total. The third kappa shape index (κ3) is 3.01. The van der Waals surface area contributed by atoms with Crippen molar-refractivity contribution >= 4 is 28.8 Å². The van der Waals surface area contributed by atoms with Gasteiger partial charge in [-0.05, 0) is 50.9 Å². The Hall–Kier alpha value is -2.05. The topological polar surface area (TPSA) is 56.0 Å². The highest BCUT2D eigenvalue weighted by atomic mass is 35.5. The number of unbranched alkanes of at least 4 members (excludes halogenated alkanes) is 1. The normalized spacial score (nSPS) is 18.6. The first-order valence-corrected chi connectivity index (χ1v) is 10.3. The number of hydrogen-bond acceptors (Lipinski definition) is 5. The minimum Gasteiger partial charge on any atom is -0.270 e. The molecule has 3 heterocycles.